The number of anilines is 1. The molecule has 5 heteroatoms. The summed E-state index contributed by atoms with van der Waals surface area (Å²) in [6.07, 6.45) is 0. The first-order valence-electron chi connectivity index (χ1n) is 5.37. The van der Waals surface area contributed by atoms with Crippen molar-refractivity contribution in [3.05, 3.63) is 23.8 Å². The van der Waals surface area contributed by atoms with Crippen LogP contribution in [0.25, 0.3) is 0 Å². The smallest absolute Gasteiger partial charge is 0.338 e. The van der Waals surface area contributed by atoms with E-state index in [9.17, 15) is 4.79 Å². The molecule has 2 N–H and O–H groups in total. The van der Waals surface area contributed by atoms with Crippen molar-refractivity contribution in [3.8, 4) is 5.75 Å². The Kier molecular flexibility index (Phi) is 5.29. The van der Waals surface area contributed by atoms with E-state index in [2.05, 4.69) is 0 Å². The van der Waals surface area contributed by atoms with E-state index < -0.39 is 5.97 Å². The molecule has 0 aliphatic heterocycles. The average molecular weight is 239 g/mol. The lowest BCUT2D eigenvalue weighted by molar-refractivity contribution is 0.0335. The Balaban J connectivity index is 2.54. The van der Waals surface area contributed by atoms with Gasteiger partial charge in [0.2, 0.25) is 0 Å². The standard InChI is InChI=1S/C12H17NO4/c1-3-16-6-7-17-12(14)9-4-5-11(15-2)10(13)8-9/h4-5,8H,3,6-7,13H2,1-2H3. The van der Waals surface area contributed by atoms with Gasteiger partial charge in [-0.25, -0.2) is 4.79 Å². The van der Waals surface area contributed by atoms with E-state index in [1.54, 1.807) is 12.1 Å². The van der Waals surface area contributed by atoms with E-state index in [0.717, 1.165) is 0 Å². The van der Waals surface area contributed by atoms with E-state index >= 15 is 0 Å². The Labute approximate surface area is 100 Å². The predicted molar refractivity (Wildman–Crippen MR) is 64.2 cm³/mol. The summed E-state index contributed by atoms with van der Waals surface area (Å²) in [5, 5.41) is 0. The number of ether oxygens (including phenoxy) is 3. The number of nitrogen functional groups attached to an aromatic ring is 1. The molecule has 17 heavy (non-hydrogen) atoms. The van der Waals surface area contributed by atoms with Crippen LogP contribution in [0.2, 0.25) is 0 Å². The van der Waals surface area contributed by atoms with Crippen LogP contribution in [0.1, 0.15) is 17.3 Å². The quantitative estimate of drug-likeness (QED) is 0.462. The Bertz CT molecular complexity index is 379. The van der Waals surface area contributed by atoms with Crippen molar-refractivity contribution in [1.29, 1.82) is 0 Å². The molecule has 94 valence electrons. The molecule has 0 bridgehead atoms. The number of benzene rings is 1. The molecule has 0 amide bonds. The molecule has 1 aromatic carbocycles. The SMILES string of the molecule is CCOCCOC(=O)c1ccc(OC)c(N)c1. The zero-order valence-electron chi connectivity index (χ0n) is 10.1. The van der Waals surface area contributed by atoms with Gasteiger partial charge < -0.3 is 19.9 Å². The highest BCUT2D eigenvalue weighted by molar-refractivity contribution is 5.91. The van der Waals surface area contributed by atoms with E-state index in [4.69, 9.17) is 19.9 Å². The van der Waals surface area contributed by atoms with Crippen molar-refractivity contribution in [2.45, 2.75) is 6.92 Å². The minimum absolute atomic E-state index is 0.235. The highest BCUT2D eigenvalue weighted by Crippen LogP contribution is 2.22. The molecular formula is C12H17NO4. The first-order chi connectivity index (χ1) is 8.19. The summed E-state index contributed by atoms with van der Waals surface area (Å²) in [5.74, 6) is 0.120. The lowest BCUT2D eigenvalue weighted by Gasteiger charge is -2.07. The first-order valence-corrected chi connectivity index (χ1v) is 5.37. The van der Waals surface area contributed by atoms with E-state index in [-0.39, 0.29) is 6.61 Å². The van der Waals surface area contributed by atoms with E-state index in [1.165, 1.54) is 13.2 Å². The molecule has 0 aliphatic rings. The van der Waals surface area contributed by atoms with Crippen LogP contribution in [0.3, 0.4) is 0 Å². The molecule has 5 nitrogen and oxygen atoms in total. The number of esters is 1. The molecule has 0 saturated carbocycles. The van der Waals surface area contributed by atoms with Gasteiger partial charge >= 0.3 is 5.97 Å². The topological polar surface area (TPSA) is 70.8 Å². The van der Waals surface area contributed by atoms with Gasteiger partial charge in [-0.3, -0.25) is 0 Å². The van der Waals surface area contributed by atoms with Crippen molar-refractivity contribution < 1.29 is 19.0 Å². The molecule has 0 saturated heterocycles. The molecule has 0 aliphatic carbocycles. The zero-order valence-corrected chi connectivity index (χ0v) is 10.1. The maximum atomic E-state index is 11.6. The fourth-order valence-corrected chi connectivity index (χ4v) is 1.28. The normalized spacial score (nSPS) is 10.0. The Morgan fingerprint density at radius 2 is 2.12 bits per heavy atom. The van der Waals surface area contributed by atoms with Gasteiger partial charge in [-0.05, 0) is 25.1 Å². The zero-order chi connectivity index (χ0) is 12.7. The molecule has 0 aromatic heterocycles. The highest BCUT2D eigenvalue weighted by atomic mass is 16.6. The number of nitrogens with two attached hydrogens (primary N) is 1. The number of hydrogen-bond donors (Lipinski definition) is 1. The van der Waals surface area contributed by atoms with Crippen LogP contribution in [0.4, 0.5) is 5.69 Å². The Morgan fingerprint density at radius 3 is 2.71 bits per heavy atom. The monoisotopic (exact) mass is 239 g/mol. The lowest BCUT2D eigenvalue weighted by Crippen LogP contribution is -2.11. The van der Waals surface area contributed by atoms with Crippen LogP contribution < -0.4 is 10.5 Å². The van der Waals surface area contributed by atoms with Gasteiger partial charge in [0.15, 0.2) is 0 Å². The van der Waals surface area contributed by atoms with Crippen LogP contribution in [-0.4, -0.2) is 32.9 Å². The van der Waals surface area contributed by atoms with E-state index in [0.29, 0.717) is 30.2 Å². The molecule has 1 aromatic rings. The minimum atomic E-state index is -0.418. The third-order valence-corrected chi connectivity index (χ3v) is 2.13. The number of methoxy groups -OCH3 is 1. The summed E-state index contributed by atoms with van der Waals surface area (Å²) in [7, 11) is 1.52. The largest absolute Gasteiger partial charge is 0.495 e. The maximum absolute atomic E-state index is 11.6. The van der Waals surface area contributed by atoms with Crippen molar-refractivity contribution >= 4 is 11.7 Å². The van der Waals surface area contributed by atoms with Gasteiger partial charge in [0.1, 0.15) is 12.4 Å². The second-order valence-corrected chi connectivity index (χ2v) is 3.29. The number of carbonyl (C=O) groups is 1. The maximum Gasteiger partial charge on any atom is 0.338 e. The van der Waals surface area contributed by atoms with Crippen LogP contribution >= 0.6 is 0 Å². The van der Waals surface area contributed by atoms with Crippen molar-refractivity contribution in [1.82, 2.24) is 0 Å². The average Bonchev–Trinajstić information content (AvgIpc) is 2.34. The Hall–Kier alpha value is -1.75. The summed E-state index contributed by atoms with van der Waals surface area (Å²) in [4.78, 5) is 11.6. The number of carbonyl (C=O) groups excluding carboxylic acids is 1. The van der Waals surface area contributed by atoms with E-state index in [1.807, 2.05) is 6.92 Å². The van der Waals surface area contributed by atoms with Gasteiger partial charge in [-0.2, -0.15) is 0 Å². The van der Waals surface area contributed by atoms with Crippen molar-refractivity contribution in [2.75, 3.05) is 32.7 Å². The minimum Gasteiger partial charge on any atom is -0.495 e. The van der Waals surface area contributed by atoms with Crippen molar-refractivity contribution in [3.63, 3.8) is 0 Å². The summed E-state index contributed by atoms with van der Waals surface area (Å²) in [6, 6.07) is 4.77. The summed E-state index contributed by atoms with van der Waals surface area (Å²) in [6.45, 7) is 3.12. The summed E-state index contributed by atoms with van der Waals surface area (Å²) in [5.41, 5.74) is 6.50. The predicted octanol–water partition coefficient (Wildman–Crippen LogP) is 1.47. The fourth-order valence-electron chi connectivity index (χ4n) is 1.28. The third-order valence-electron chi connectivity index (χ3n) is 2.13. The van der Waals surface area contributed by atoms with Gasteiger partial charge in [-0.1, -0.05) is 0 Å². The van der Waals surface area contributed by atoms with Gasteiger partial charge in [0, 0.05) is 6.61 Å². The van der Waals surface area contributed by atoms with Crippen LogP contribution in [0.15, 0.2) is 18.2 Å². The fraction of sp³-hybridized carbons (Fsp3) is 0.417. The van der Waals surface area contributed by atoms with Gasteiger partial charge in [0.25, 0.3) is 0 Å². The van der Waals surface area contributed by atoms with Crippen molar-refractivity contribution in [2.24, 2.45) is 0 Å². The highest BCUT2D eigenvalue weighted by Gasteiger charge is 2.09. The second-order valence-electron chi connectivity index (χ2n) is 3.29. The molecule has 0 unspecified atom stereocenters. The van der Waals surface area contributed by atoms with Crippen LogP contribution in [-0.2, 0) is 9.47 Å². The number of hydrogen-bond acceptors (Lipinski definition) is 5. The first kappa shape index (κ1) is 13.3. The molecule has 0 heterocycles. The second kappa shape index (κ2) is 6.75. The molecule has 0 fully saturated rings. The molecule has 1 rings (SSSR count). The lowest BCUT2D eigenvalue weighted by atomic mass is 10.2. The van der Waals surface area contributed by atoms with Gasteiger partial charge in [-0.15, -0.1) is 0 Å². The van der Waals surface area contributed by atoms with Gasteiger partial charge in [0.05, 0.1) is 25.0 Å². The van der Waals surface area contributed by atoms with Crippen LogP contribution in [0, 0.1) is 0 Å². The molecular weight excluding hydrogens is 222 g/mol. The summed E-state index contributed by atoms with van der Waals surface area (Å²) >= 11 is 0. The molecule has 0 atom stereocenters. The number of rotatable bonds is 6. The third kappa shape index (κ3) is 3.96. The molecule has 0 radical (unpaired) electrons. The molecule has 0 spiro atoms. The Morgan fingerprint density at radius 1 is 1.35 bits per heavy atom. The van der Waals surface area contributed by atoms with Crippen LogP contribution in [0.5, 0.6) is 5.75 Å². The summed E-state index contributed by atoms with van der Waals surface area (Å²) < 4.78 is 15.1.